The first-order chi connectivity index (χ1) is 19.6. The Labute approximate surface area is 235 Å². The van der Waals surface area contributed by atoms with Gasteiger partial charge in [-0.3, -0.25) is 9.48 Å². The van der Waals surface area contributed by atoms with Gasteiger partial charge in [0.1, 0.15) is 12.0 Å². The lowest BCUT2D eigenvalue weighted by Gasteiger charge is -2.25. The van der Waals surface area contributed by atoms with E-state index in [1.165, 1.54) is 6.07 Å². The van der Waals surface area contributed by atoms with Crippen LogP contribution in [0, 0.1) is 0 Å². The maximum absolute atomic E-state index is 14.2. The quantitative estimate of drug-likeness (QED) is 0.270. The van der Waals surface area contributed by atoms with E-state index in [0.29, 0.717) is 37.8 Å². The van der Waals surface area contributed by atoms with Crippen molar-refractivity contribution < 1.29 is 27.9 Å². The number of nitrogens with one attached hydrogen (secondary N) is 1. The summed E-state index contributed by atoms with van der Waals surface area (Å²) < 4.78 is 46.4. The van der Waals surface area contributed by atoms with Crippen LogP contribution in [0.25, 0.3) is 10.9 Å². The maximum Gasteiger partial charge on any atom is 0.418 e. The third-order valence-electron chi connectivity index (χ3n) is 7.46. The van der Waals surface area contributed by atoms with E-state index in [1.807, 2.05) is 53.4 Å². The number of aryl methyl sites for hydroxylation is 2. The molecule has 1 amide bonds. The summed E-state index contributed by atoms with van der Waals surface area (Å²) in [6, 6.07) is 13.3. The van der Waals surface area contributed by atoms with Crippen molar-refractivity contribution in [2.75, 3.05) is 23.3 Å². The highest BCUT2D eigenvalue weighted by Gasteiger charge is 2.36. The van der Waals surface area contributed by atoms with Crippen molar-refractivity contribution in [1.29, 1.82) is 0 Å². The van der Waals surface area contributed by atoms with Crippen molar-refractivity contribution in [1.82, 2.24) is 14.3 Å². The van der Waals surface area contributed by atoms with Gasteiger partial charge < -0.3 is 24.7 Å². The number of aromatic nitrogens is 3. The van der Waals surface area contributed by atoms with Gasteiger partial charge in [0.05, 0.1) is 29.1 Å². The van der Waals surface area contributed by atoms with E-state index in [-0.39, 0.29) is 30.4 Å². The average Bonchev–Trinajstić information content (AvgIpc) is 3.65. The number of benzene rings is 2. The Morgan fingerprint density at radius 3 is 2.66 bits per heavy atom. The van der Waals surface area contributed by atoms with Crippen molar-refractivity contribution in [3.05, 3.63) is 77.2 Å². The number of hydrogen-bond acceptors (Lipinski definition) is 5. The predicted octanol–water partition coefficient (Wildman–Crippen LogP) is 5.24. The fourth-order valence-electron chi connectivity index (χ4n) is 5.58. The molecule has 8 nitrogen and oxygen atoms in total. The van der Waals surface area contributed by atoms with E-state index < -0.39 is 29.4 Å². The van der Waals surface area contributed by atoms with Crippen LogP contribution in [-0.2, 0) is 30.4 Å². The van der Waals surface area contributed by atoms with Crippen molar-refractivity contribution >= 4 is 34.5 Å². The number of aliphatic hydroxyl groups excluding tert-OH is 1. The van der Waals surface area contributed by atoms with Gasteiger partial charge in [0, 0.05) is 55.3 Å². The molecule has 2 aromatic carbocycles. The van der Waals surface area contributed by atoms with Crippen LogP contribution in [0.2, 0.25) is 0 Å². The van der Waals surface area contributed by atoms with Crippen LogP contribution in [0.5, 0.6) is 0 Å². The number of anilines is 2. The number of aldehydes is 1. The molecule has 4 aromatic rings. The first-order valence-electron chi connectivity index (χ1n) is 13.6. The second-order valence-corrected chi connectivity index (χ2v) is 10.6. The molecule has 1 fully saturated rings. The lowest BCUT2D eigenvalue weighted by molar-refractivity contribution is -0.136. The van der Waals surface area contributed by atoms with E-state index in [0.717, 1.165) is 22.7 Å². The maximum atomic E-state index is 14.2. The number of carbonyl (C=O) groups is 2. The fraction of sp³-hybridized carbons (Fsp3) is 0.367. The molecule has 41 heavy (non-hydrogen) atoms. The minimum atomic E-state index is -4.76. The summed E-state index contributed by atoms with van der Waals surface area (Å²) in [5.41, 5.74) is 1.24. The molecule has 5 rings (SSSR count). The minimum absolute atomic E-state index is 0.127. The molecule has 1 atom stereocenters. The van der Waals surface area contributed by atoms with Crippen LogP contribution in [0.15, 0.2) is 54.7 Å². The smallest absolute Gasteiger partial charge is 0.391 e. The number of rotatable bonds is 9. The monoisotopic (exact) mass is 567 g/mol. The molecule has 3 heterocycles. The van der Waals surface area contributed by atoms with Gasteiger partial charge in [-0.2, -0.15) is 18.3 Å². The van der Waals surface area contributed by atoms with E-state index in [4.69, 9.17) is 0 Å². The molecule has 1 saturated heterocycles. The normalized spacial score (nSPS) is 15.7. The van der Waals surface area contributed by atoms with Crippen LogP contribution in [-0.4, -0.2) is 50.8 Å². The summed E-state index contributed by atoms with van der Waals surface area (Å²) in [7, 11) is 0. The summed E-state index contributed by atoms with van der Waals surface area (Å²) in [6.45, 7) is 4.92. The molecule has 0 spiro atoms. The zero-order valence-corrected chi connectivity index (χ0v) is 22.9. The van der Waals surface area contributed by atoms with E-state index in [9.17, 15) is 27.9 Å². The number of para-hydroxylation sites is 1. The number of hydrogen-bond donors (Lipinski definition) is 2. The molecular weight excluding hydrogens is 535 g/mol. The van der Waals surface area contributed by atoms with Gasteiger partial charge in [0.15, 0.2) is 0 Å². The van der Waals surface area contributed by atoms with Crippen molar-refractivity contribution in [3.8, 4) is 0 Å². The zero-order chi connectivity index (χ0) is 29.3. The number of alkyl halides is 3. The second kappa shape index (κ2) is 11.4. The van der Waals surface area contributed by atoms with Crippen LogP contribution >= 0.6 is 0 Å². The Bertz CT molecular complexity index is 1570. The van der Waals surface area contributed by atoms with Gasteiger partial charge in [0.2, 0.25) is 0 Å². The second-order valence-electron chi connectivity index (χ2n) is 10.6. The van der Waals surface area contributed by atoms with Crippen molar-refractivity contribution in [3.63, 3.8) is 0 Å². The highest BCUT2D eigenvalue weighted by Crippen LogP contribution is 2.40. The summed E-state index contributed by atoms with van der Waals surface area (Å²) in [5.74, 6) is -0.679. The predicted molar refractivity (Wildman–Crippen MR) is 150 cm³/mol. The van der Waals surface area contributed by atoms with Gasteiger partial charge in [-0.15, -0.1) is 0 Å². The molecule has 11 heteroatoms. The van der Waals surface area contributed by atoms with E-state index in [1.54, 1.807) is 17.2 Å². The summed E-state index contributed by atoms with van der Waals surface area (Å²) in [5, 5.41) is 17.9. The molecule has 1 aliphatic heterocycles. The van der Waals surface area contributed by atoms with E-state index in [2.05, 4.69) is 10.4 Å². The Kier molecular flexibility index (Phi) is 7.90. The SMILES string of the molecule is CC(C)n1c(CCn2ncc3ccccc32)ccc1C(=O)Nc1cc(CC=O)c(N2CC[C@@H](O)C2)cc1C(F)(F)F. The number of nitrogens with zero attached hydrogens (tertiary/aromatic N) is 4. The molecule has 2 aromatic heterocycles. The largest absolute Gasteiger partial charge is 0.418 e. The summed E-state index contributed by atoms with van der Waals surface area (Å²) in [4.78, 5) is 26.5. The number of halogens is 3. The third kappa shape index (κ3) is 5.85. The third-order valence-corrected chi connectivity index (χ3v) is 7.46. The Balaban J connectivity index is 1.44. The molecule has 0 aliphatic carbocycles. The molecular formula is C30H32F3N5O3. The molecule has 0 radical (unpaired) electrons. The average molecular weight is 568 g/mol. The van der Waals surface area contributed by atoms with Crippen LogP contribution in [0.1, 0.15) is 53.6 Å². The Hall–Kier alpha value is -4.12. The molecule has 0 unspecified atom stereocenters. The lowest BCUT2D eigenvalue weighted by atomic mass is 10.0. The first kappa shape index (κ1) is 28.4. The van der Waals surface area contributed by atoms with Crippen molar-refractivity contribution in [2.24, 2.45) is 0 Å². The molecule has 0 bridgehead atoms. The number of fused-ring (bicyclic) bond motifs is 1. The fourth-order valence-corrected chi connectivity index (χ4v) is 5.58. The number of β-amino-alcohol motifs (C(OH)–C–C–N with tert-alkyl or cyclic N) is 1. The van der Waals surface area contributed by atoms with Gasteiger partial charge in [0.25, 0.3) is 5.91 Å². The topological polar surface area (TPSA) is 92.4 Å². The number of amides is 1. The number of aliphatic hydroxyl groups is 1. The summed E-state index contributed by atoms with van der Waals surface area (Å²) in [6.07, 6.45) is -2.15. The minimum Gasteiger partial charge on any atom is -0.391 e. The van der Waals surface area contributed by atoms with Gasteiger partial charge in [-0.05, 0) is 56.2 Å². The van der Waals surface area contributed by atoms with Crippen LogP contribution in [0.4, 0.5) is 24.5 Å². The Morgan fingerprint density at radius 2 is 1.98 bits per heavy atom. The highest BCUT2D eigenvalue weighted by atomic mass is 19.4. The lowest BCUT2D eigenvalue weighted by Crippen LogP contribution is -2.25. The molecule has 216 valence electrons. The van der Waals surface area contributed by atoms with Crippen molar-refractivity contribution in [2.45, 2.75) is 58.0 Å². The zero-order valence-electron chi connectivity index (χ0n) is 22.9. The molecule has 0 saturated carbocycles. The molecule has 1 aliphatic rings. The highest BCUT2D eigenvalue weighted by molar-refractivity contribution is 6.04. The van der Waals surface area contributed by atoms with Gasteiger partial charge in [-0.25, -0.2) is 0 Å². The van der Waals surface area contributed by atoms with Crippen LogP contribution in [0.3, 0.4) is 0 Å². The first-order valence-corrected chi connectivity index (χ1v) is 13.6. The van der Waals surface area contributed by atoms with Gasteiger partial charge >= 0.3 is 6.18 Å². The van der Waals surface area contributed by atoms with Crippen LogP contribution < -0.4 is 10.2 Å². The number of carbonyl (C=O) groups excluding carboxylic acids is 2. The van der Waals surface area contributed by atoms with Gasteiger partial charge in [-0.1, -0.05) is 18.2 Å². The molecule has 2 N–H and O–H groups in total. The Morgan fingerprint density at radius 1 is 1.20 bits per heavy atom. The summed E-state index contributed by atoms with van der Waals surface area (Å²) >= 11 is 0. The standard InChI is InChI=1S/C30H32F3N5O3/c1-19(2)38-22(9-13-37-26-6-4-3-5-21(26)17-34-37)7-8-27(38)29(41)35-25-15-20(11-14-39)28(16-24(25)30(31,32)33)36-12-10-23(40)18-36/h3-8,14-17,19,23,40H,9-13,18H2,1-2H3,(H,35,41)/t23-/m1/s1. The van der Waals surface area contributed by atoms with E-state index >= 15 is 0 Å².